The van der Waals surface area contributed by atoms with Crippen molar-refractivity contribution < 1.29 is 24.2 Å². The van der Waals surface area contributed by atoms with E-state index < -0.39 is 23.8 Å². The number of carboxylic acids is 1. The predicted octanol–water partition coefficient (Wildman–Crippen LogP) is 2.69. The molecule has 1 amide bonds. The van der Waals surface area contributed by atoms with Crippen molar-refractivity contribution in [1.82, 2.24) is 0 Å². The van der Waals surface area contributed by atoms with Crippen LogP contribution in [0.2, 0.25) is 0 Å². The summed E-state index contributed by atoms with van der Waals surface area (Å²) in [5.41, 5.74) is 1.44. The number of aryl methyl sites for hydroxylation is 1. The molecule has 2 atom stereocenters. The van der Waals surface area contributed by atoms with Gasteiger partial charge in [-0.15, -0.1) is 11.3 Å². The summed E-state index contributed by atoms with van der Waals surface area (Å²) in [7, 11) is 0. The highest BCUT2D eigenvalue weighted by Crippen LogP contribution is 2.40. The molecule has 0 radical (unpaired) electrons. The van der Waals surface area contributed by atoms with Gasteiger partial charge in [0.2, 0.25) is 5.91 Å². The molecule has 0 aliphatic heterocycles. The number of fused-ring (bicyclic) bond motifs is 1. The van der Waals surface area contributed by atoms with E-state index in [-0.39, 0.29) is 12.0 Å². The lowest BCUT2D eigenvalue weighted by molar-refractivity contribution is -0.313. The van der Waals surface area contributed by atoms with Crippen LogP contribution in [0, 0.1) is 11.8 Å². The molecule has 1 fully saturated rings. The second-order valence-electron chi connectivity index (χ2n) is 7.67. The van der Waals surface area contributed by atoms with Gasteiger partial charge in [-0.3, -0.25) is 4.79 Å². The van der Waals surface area contributed by atoms with Crippen molar-refractivity contribution in [3.05, 3.63) is 16.0 Å². The molecular formula is C20H26NO5S-. The van der Waals surface area contributed by atoms with Gasteiger partial charge in [0.05, 0.1) is 11.7 Å². The van der Waals surface area contributed by atoms with Crippen molar-refractivity contribution in [3.8, 4) is 0 Å². The molecule has 1 aromatic rings. The molecule has 0 spiro atoms. The van der Waals surface area contributed by atoms with Gasteiger partial charge in [0, 0.05) is 22.7 Å². The maximum absolute atomic E-state index is 12.8. The first kappa shape index (κ1) is 19.9. The first-order valence-corrected chi connectivity index (χ1v) is 10.6. The monoisotopic (exact) mass is 392 g/mol. The lowest BCUT2D eigenvalue weighted by Gasteiger charge is -2.31. The molecule has 6 nitrogen and oxygen atoms in total. The molecule has 148 valence electrons. The summed E-state index contributed by atoms with van der Waals surface area (Å²) in [6, 6.07) is 0. The summed E-state index contributed by atoms with van der Waals surface area (Å²) in [5.74, 6) is -3.29. The molecule has 1 N–H and O–H groups in total. The standard InChI is InChI=1S/C20H27NO5S/c1-11(2)26-20(25)16-14-9-5-6-10-15(14)27-18(16)21-17(22)12-7-3-4-8-13(12)19(23)24/h11-13H,3-10H2,1-2H3,(H,21,22)(H,23,24)/p-1/t12-,13+/m0/s1. The van der Waals surface area contributed by atoms with E-state index in [1.54, 1.807) is 13.8 Å². The number of hydrogen-bond acceptors (Lipinski definition) is 6. The Balaban J connectivity index is 1.87. The summed E-state index contributed by atoms with van der Waals surface area (Å²) < 4.78 is 5.40. The minimum absolute atomic E-state index is 0.249. The topological polar surface area (TPSA) is 95.5 Å². The Morgan fingerprint density at radius 3 is 2.41 bits per heavy atom. The molecule has 0 saturated heterocycles. The average molecular weight is 392 g/mol. The predicted molar refractivity (Wildman–Crippen MR) is 101 cm³/mol. The Kier molecular flexibility index (Phi) is 6.19. The summed E-state index contributed by atoms with van der Waals surface area (Å²) in [6.45, 7) is 3.59. The SMILES string of the molecule is CC(C)OC(=O)c1c(NC(=O)[C@H]2CCCC[C@H]2C(=O)[O-])sc2c1CCCC2. The Morgan fingerprint density at radius 1 is 1.07 bits per heavy atom. The van der Waals surface area contributed by atoms with E-state index in [0.717, 1.165) is 49.0 Å². The van der Waals surface area contributed by atoms with Crippen molar-refractivity contribution in [2.24, 2.45) is 11.8 Å². The van der Waals surface area contributed by atoms with Crippen LogP contribution in [0.25, 0.3) is 0 Å². The smallest absolute Gasteiger partial charge is 0.341 e. The van der Waals surface area contributed by atoms with E-state index in [4.69, 9.17) is 4.74 Å². The zero-order valence-corrected chi connectivity index (χ0v) is 16.7. The van der Waals surface area contributed by atoms with Gasteiger partial charge in [0.1, 0.15) is 5.00 Å². The largest absolute Gasteiger partial charge is 0.550 e. The molecule has 0 aromatic carbocycles. The van der Waals surface area contributed by atoms with E-state index in [1.165, 1.54) is 11.3 Å². The van der Waals surface area contributed by atoms with Crippen molar-refractivity contribution in [1.29, 1.82) is 0 Å². The van der Waals surface area contributed by atoms with Gasteiger partial charge in [-0.25, -0.2) is 4.79 Å². The Hall–Kier alpha value is -1.89. The third kappa shape index (κ3) is 4.34. The average Bonchev–Trinajstić information content (AvgIpc) is 2.98. The molecule has 0 bridgehead atoms. The first-order valence-electron chi connectivity index (χ1n) is 9.75. The van der Waals surface area contributed by atoms with Crippen molar-refractivity contribution in [2.75, 3.05) is 5.32 Å². The van der Waals surface area contributed by atoms with Crippen LogP contribution in [0.5, 0.6) is 0 Å². The van der Waals surface area contributed by atoms with Gasteiger partial charge >= 0.3 is 5.97 Å². The lowest BCUT2D eigenvalue weighted by atomic mass is 9.78. The van der Waals surface area contributed by atoms with Crippen LogP contribution >= 0.6 is 11.3 Å². The van der Waals surface area contributed by atoms with Crippen molar-refractivity contribution in [3.63, 3.8) is 0 Å². The van der Waals surface area contributed by atoms with E-state index in [9.17, 15) is 19.5 Å². The molecule has 0 unspecified atom stereocenters. The molecule has 2 aliphatic rings. The maximum Gasteiger partial charge on any atom is 0.341 e. The molecule has 1 heterocycles. The molecule has 2 aliphatic carbocycles. The highest BCUT2D eigenvalue weighted by Gasteiger charge is 2.34. The number of carbonyl (C=O) groups excluding carboxylic acids is 3. The number of esters is 1. The number of nitrogens with one attached hydrogen (secondary N) is 1. The van der Waals surface area contributed by atoms with E-state index in [1.807, 2.05) is 0 Å². The quantitative estimate of drug-likeness (QED) is 0.777. The van der Waals surface area contributed by atoms with Crippen LogP contribution in [0.15, 0.2) is 0 Å². The van der Waals surface area contributed by atoms with Gasteiger partial charge in [0.25, 0.3) is 0 Å². The second-order valence-corrected chi connectivity index (χ2v) is 8.78. The zero-order valence-electron chi connectivity index (χ0n) is 15.8. The van der Waals surface area contributed by atoms with Gasteiger partial charge in [-0.1, -0.05) is 12.8 Å². The van der Waals surface area contributed by atoms with Gasteiger partial charge in [-0.2, -0.15) is 0 Å². The van der Waals surface area contributed by atoms with Gasteiger partial charge in [0.15, 0.2) is 0 Å². The number of aliphatic carboxylic acids is 1. The number of anilines is 1. The molecule has 1 saturated carbocycles. The first-order chi connectivity index (χ1) is 12.9. The summed E-state index contributed by atoms with van der Waals surface area (Å²) in [4.78, 5) is 38.0. The molecule has 7 heteroatoms. The second kappa shape index (κ2) is 8.42. The van der Waals surface area contributed by atoms with Gasteiger partial charge in [-0.05, 0) is 57.9 Å². The van der Waals surface area contributed by atoms with E-state index in [2.05, 4.69) is 5.32 Å². The highest BCUT2D eigenvalue weighted by molar-refractivity contribution is 7.17. The zero-order chi connectivity index (χ0) is 19.6. The number of rotatable bonds is 5. The fraction of sp³-hybridized carbons (Fsp3) is 0.650. The van der Waals surface area contributed by atoms with Crippen LogP contribution in [-0.2, 0) is 27.2 Å². The van der Waals surface area contributed by atoms with Crippen LogP contribution < -0.4 is 10.4 Å². The Labute approximate surface area is 163 Å². The number of carboxylic acid groups (broad SMARTS) is 1. The molecule has 3 rings (SSSR count). The number of carbonyl (C=O) groups is 3. The third-order valence-electron chi connectivity index (χ3n) is 5.36. The molecule has 27 heavy (non-hydrogen) atoms. The maximum atomic E-state index is 12.8. The van der Waals surface area contributed by atoms with Crippen LogP contribution in [0.1, 0.15) is 73.2 Å². The Morgan fingerprint density at radius 2 is 1.74 bits per heavy atom. The number of thiophene rings is 1. The fourth-order valence-corrected chi connectivity index (χ4v) is 5.35. The highest BCUT2D eigenvalue weighted by atomic mass is 32.1. The normalized spacial score (nSPS) is 22.2. The summed E-state index contributed by atoms with van der Waals surface area (Å²) >= 11 is 1.42. The molecular weight excluding hydrogens is 366 g/mol. The van der Waals surface area contributed by atoms with E-state index in [0.29, 0.717) is 23.4 Å². The number of hydrogen-bond donors (Lipinski definition) is 1. The summed E-state index contributed by atoms with van der Waals surface area (Å²) in [5, 5.41) is 14.8. The van der Waals surface area contributed by atoms with Crippen molar-refractivity contribution in [2.45, 2.75) is 71.3 Å². The van der Waals surface area contributed by atoms with Crippen molar-refractivity contribution >= 4 is 34.2 Å². The minimum atomic E-state index is -1.17. The van der Waals surface area contributed by atoms with Crippen LogP contribution in [-0.4, -0.2) is 23.9 Å². The van der Waals surface area contributed by atoms with Crippen LogP contribution in [0.4, 0.5) is 5.00 Å². The molecule has 1 aromatic heterocycles. The minimum Gasteiger partial charge on any atom is -0.550 e. The fourth-order valence-electron chi connectivity index (χ4n) is 4.07. The van der Waals surface area contributed by atoms with Gasteiger partial charge < -0.3 is 20.0 Å². The van der Waals surface area contributed by atoms with Crippen LogP contribution in [0.3, 0.4) is 0 Å². The third-order valence-corrected chi connectivity index (χ3v) is 6.57. The lowest BCUT2D eigenvalue weighted by Crippen LogP contribution is -2.42. The van der Waals surface area contributed by atoms with E-state index >= 15 is 0 Å². The summed E-state index contributed by atoms with van der Waals surface area (Å²) in [6.07, 6.45) is 6.13. The Bertz CT molecular complexity index is 739. The number of amides is 1. The number of ether oxygens (including phenoxy) is 1.